The molecule has 0 spiro atoms. The van der Waals surface area contributed by atoms with Crippen molar-refractivity contribution >= 4 is 29.1 Å². The monoisotopic (exact) mass is 267 g/mol. The van der Waals surface area contributed by atoms with Crippen LogP contribution in [-0.4, -0.2) is 11.8 Å². The molecule has 0 saturated heterocycles. The van der Waals surface area contributed by atoms with Gasteiger partial charge in [-0.05, 0) is 32.0 Å². The van der Waals surface area contributed by atoms with Crippen LogP contribution < -0.4 is 4.90 Å². The van der Waals surface area contributed by atoms with E-state index in [1.807, 2.05) is 0 Å². The highest BCUT2D eigenvalue weighted by atomic mass is 35.5. The van der Waals surface area contributed by atoms with Crippen LogP contribution in [0.25, 0.3) is 0 Å². The fourth-order valence-electron chi connectivity index (χ4n) is 1.81. The molecule has 1 aromatic carbocycles. The number of amides is 2. The highest BCUT2D eigenvalue weighted by Gasteiger charge is 2.32. The van der Waals surface area contributed by atoms with Gasteiger partial charge in [0.25, 0.3) is 5.91 Å². The molecule has 3 nitrogen and oxygen atoms in total. The first-order valence-electron chi connectivity index (χ1n) is 5.40. The van der Waals surface area contributed by atoms with Crippen LogP contribution in [0, 0.1) is 5.82 Å². The molecule has 18 heavy (non-hydrogen) atoms. The van der Waals surface area contributed by atoms with E-state index in [0.717, 1.165) is 16.5 Å². The second-order valence-electron chi connectivity index (χ2n) is 4.21. The Morgan fingerprint density at radius 2 is 1.94 bits per heavy atom. The number of nitrogens with zero attached hydrogens (tertiary/aromatic N) is 1. The van der Waals surface area contributed by atoms with Crippen molar-refractivity contribution in [3.63, 3.8) is 0 Å². The molecule has 0 fully saturated rings. The number of hydrogen-bond acceptors (Lipinski definition) is 2. The zero-order valence-electron chi connectivity index (χ0n) is 9.96. The van der Waals surface area contributed by atoms with Crippen molar-refractivity contribution in [1.29, 1.82) is 0 Å². The molecule has 2 rings (SSSR count). The van der Waals surface area contributed by atoms with Gasteiger partial charge < -0.3 is 0 Å². The molecule has 0 aromatic heterocycles. The first-order chi connectivity index (χ1) is 8.41. The summed E-state index contributed by atoms with van der Waals surface area (Å²) in [6.45, 7) is 3.35. The summed E-state index contributed by atoms with van der Waals surface area (Å²) in [4.78, 5) is 24.8. The first kappa shape index (κ1) is 12.8. The number of carbonyl (C=O) groups is 2. The lowest BCUT2D eigenvalue weighted by Crippen LogP contribution is -2.41. The lowest BCUT2D eigenvalue weighted by Gasteiger charge is -2.26. The minimum atomic E-state index is -0.684. The number of hydrogen-bond donors (Lipinski definition) is 0. The molecule has 0 bridgehead atoms. The molecule has 1 aliphatic heterocycles. The smallest absolute Gasteiger partial charge is 0.260 e. The maximum absolute atomic E-state index is 13.8. The van der Waals surface area contributed by atoms with Gasteiger partial charge in [-0.15, -0.1) is 0 Å². The van der Waals surface area contributed by atoms with E-state index >= 15 is 0 Å². The molecule has 0 atom stereocenters. The summed E-state index contributed by atoms with van der Waals surface area (Å²) >= 11 is 5.64. The van der Waals surface area contributed by atoms with Crippen molar-refractivity contribution in [3.8, 4) is 0 Å². The van der Waals surface area contributed by atoms with Gasteiger partial charge in [0.15, 0.2) is 0 Å². The minimum Gasteiger partial charge on any atom is -0.274 e. The fourth-order valence-corrected chi connectivity index (χ4v) is 1.97. The Kier molecular flexibility index (Phi) is 3.22. The van der Waals surface area contributed by atoms with Gasteiger partial charge in [0, 0.05) is 17.0 Å². The molecule has 0 radical (unpaired) electrons. The van der Waals surface area contributed by atoms with Crippen molar-refractivity contribution in [3.05, 3.63) is 40.2 Å². The lowest BCUT2D eigenvalue weighted by atomic mass is 10.0. The SMILES string of the molecule is CC1=C(C)C(=O)N(c2ccc(Cl)cc2F)C(=O)C1. The van der Waals surface area contributed by atoms with E-state index in [0.29, 0.717) is 5.57 Å². The van der Waals surface area contributed by atoms with Gasteiger partial charge in [0.2, 0.25) is 5.91 Å². The summed E-state index contributed by atoms with van der Waals surface area (Å²) in [7, 11) is 0. The topological polar surface area (TPSA) is 37.4 Å². The third kappa shape index (κ3) is 2.04. The molecular formula is C13H11ClFNO2. The molecule has 94 valence electrons. The quantitative estimate of drug-likeness (QED) is 0.733. The number of imide groups is 1. The molecule has 1 aromatic rings. The second kappa shape index (κ2) is 4.53. The van der Waals surface area contributed by atoms with Crippen LogP contribution in [0.5, 0.6) is 0 Å². The van der Waals surface area contributed by atoms with Gasteiger partial charge in [-0.25, -0.2) is 9.29 Å². The van der Waals surface area contributed by atoms with Crippen LogP contribution in [-0.2, 0) is 9.59 Å². The largest absolute Gasteiger partial charge is 0.274 e. The van der Waals surface area contributed by atoms with Crippen molar-refractivity contribution in [2.75, 3.05) is 4.90 Å². The summed E-state index contributed by atoms with van der Waals surface area (Å²) in [6.07, 6.45) is 0.125. The van der Waals surface area contributed by atoms with Gasteiger partial charge in [-0.1, -0.05) is 17.2 Å². The Balaban J connectivity index is 2.51. The van der Waals surface area contributed by atoms with E-state index < -0.39 is 17.6 Å². The standard InChI is InChI=1S/C13H11ClFNO2/c1-7-5-12(17)16(13(18)8(7)2)11-4-3-9(14)6-10(11)15/h3-4,6H,5H2,1-2H3. The molecular weight excluding hydrogens is 257 g/mol. The number of anilines is 1. The Bertz CT molecular complexity index is 580. The molecule has 0 saturated carbocycles. The van der Waals surface area contributed by atoms with Crippen molar-refractivity contribution in [2.24, 2.45) is 0 Å². The summed E-state index contributed by atoms with van der Waals surface area (Å²) in [5.41, 5.74) is 1.14. The van der Waals surface area contributed by atoms with E-state index in [9.17, 15) is 14.0 Å². The fraction of sp³-hybridized carbons (Fsp3) is 0.231. The molecule has 2 amide bonds. The van der Waals surface area contributed by atoms with Crippen LogP contribution in [0.15, 0.2) is 29.3 Å². The third-order valence-electron chi connectivity index (χ3n) is 2.98. The molecule has 1 aliphatic rings. The zero-order chi connectivity index (χ0) is 13.4. The molecule has 5 heteroatoms. The van der Waals surface area contributed by atoms with Crippen molar-refractivity contribution in [2.45, 2.75) is 20.3 Å². The zero-order valence-corrected chi connectivity index (χ0v) is 10.7. The Morgan fingerprint density at radius 1 is 1.28 bits per heavy atom. The minimum absolute atomic E-state index is 0.0544. The predicted octanol–water partition coefficient (Wildman–Crippen LogP) is 3.08. The van der Waals surface area contributed by atoms with Gasteiger partial charge in [-0.2, -0.15) is 0 Å². The highest BCUT2D eigenvalue weighted by molar-refractivity contribution is 6.31. The average Bonchev–Trinajstić information content (AvgIpc) is 2.29. The van der Waals surface area contributed by atoms with Crippen LogP contribution >= 0.6 is 11.6 Å². The summed E-state index contributed by atoms with van der Waals surface area (Å²) in [5.74, 6) is -1.59. The Hall–Kier alpha value is -1.68. The van der Waals surface area contributed by atoms with Gasteiger partial charge in [-0.3, -0.25) is 9.59 Å². The highest BCUT2D eigenvalue weighted by Crippen LogP contribution is 2.29. The van der Waals surface area contributed by atoms with Crippen LogP contribution in [0.1, 0.15) is 20.3 Å². The summed E-state index contributed by atoms with van der Waals surface area (Å²) < 4.78 is 13.8. The Labute approximate surface area is 109 Å². The van der Waals surface area contributed by atoms with E-state index in [4.69, 9.17) is 11.6 Å². The normalized spacial score (nSPS) is 16.6. The average molecular weight is 268 g/mol. The maximum Gasteiger partial charge on any atom is 0.260 e. The summed E-state index contributed by atoms with van der Waals surface area (Å²) in [6, 6.07) is 3.86. The van der Waals surface area contributed by atoms with E-state index in [1.54, 1.807) is 13.8 Å². The van der Waals surface area contributed by atoms with E-state index in [1.165, 1.54) is 12.1 Å². The van der Waals surface area contributed by atoms with Crippen LogP contribution in [0.2, 0.25) is 5.02 Å². The molecule has 1 heterocycles. The number of carbonyl (C=O) groups excluding carboxylic acids is 2. The Morgan fingerprint density at radius 3 is 2.56 bits per heavy atom. The molecule has 0 N–H and O–H groups in total. The first-order valence-corrected chi connectivity index (χ1v) is 5.78. The van der Waals surface area contributed by atoms with Crippen LogP contribution in [0.3, 0.4) is 0 Å². The van der Waals surface area contributed by atoms with Crippen LogP contribution in [0.4, 0.5) is 10.1 Å². The van der Waals surface area contributed by atoms with E-state index in [-0.39, 0.29) is 17.1 Å². The third-order valence-corrected chi connectivity index (χ3v) is 3.22. The van der Waals surface area contributed by atoms with E-state index in [2.05, 4.69) is 0 Å². The number of halogens is 2. The summed E-state index contributed by atoms with van der Waals surface area (Å²) in [5, 5.41) is 0.219. The lowest BCUT2D eigenvalue weighted by molar-refractivity contribution is -0.125. The number of rotatable bonds is 1. The van der Waals surface area contributed by atoms with Gasteiger partial charge >= 0.3 is 0 Å². The second-order valence-corrected chi connectivity index (χ2v) is 4.65. The molecule has 0 aliphatic carbocycles. The molecule has 0 unspecified atom stereocenters. The predicted molar refractivity (Wildman–Crippen MR) is 66.9 cm³/mol. The maximum atomic E-state index is 13.8. The van der Waals surface area contributed by atoms with Crippen molar-refractivity contribution in [1.82, 2.24) is 0 Å². The van der Waals surface area contributed by atoms with Crippen molar-refractivity contribution < 1.29 is 14.0 Å². The number of benzene rings is 1. The van der Waals surface area contributed by atoms with Gasteiger partial charge in [0.1, 0.15) is 5.82 Å². The van der Waals surface area contributed by atoms with Gasteiger partial charge in [0.05, 0.1) is 5.69 Å².